The largest absolute Gasteiger partial charge is 0.463 e. The summed E-state index contributed by atoms with van der Waals surface area (Å²) in [4.78, 5) is 49.9. The third-order valence-electron chi connectivity index (χ3n) is 4.77. The van der Waals surface area contributed by atoms with Crippen LogP contribution in [0, 0.1) is 0 Å². The lowest BCUT2D eigenvalue weighted by Crippen LogP contribution is -2.57. The van der Waals surface area contributed by atoms with E-state index in [9.17, 15) is 19.2 Å². The van der Waals surface area contributed by atoms with E-state index in [1.54, 1.807) is 24.3 Å². The molecule has 1 aromatic carbocycles. The van der Waals surface area contributed by atoms with Crippen LogP contribution in [-0.4, -0.2) is 64.7 Å². The Balaban J connectivity index is 1.89. The van der Waals surface area contributed by atoms with Crippen LogP contribution in [-0.2, 0) is 23.8 Å². The van der Waals surface area contributed by atoms with E-state index in [-0.39, 0.29) is 24.8 Å². The van der Waals surface area contributed by atoms with Crippen molar-refractivity contribution in [3.8, 4) is 0 Å². The molecule has 2 aliphatic rings. The summed E-state index contributed by atoms with van der Waals surface area (Å²) in [5.41, 5.74) is 0.169. The third-order valence-corrected chi connectivity index (χ3v) is 5.85. The molecule has 156 valence electrons. The van der Waals surface area contributed by atoms with Gasteiger partial charge < -0.3 is 14.2 Å². The highest BCUT2D eigenvalue weighted by molar-refractivity contribution is 7.99. The molecule has 9 heteroatoms. The maximum Gasteiger partial charge on any atom is 0.302 e. The van der Waals surface area contributed by atoms with Crippen LogP contribution in [0.5, 0.6) is 0 Å². The number of amides is 2. The third kappa shape index (κ3) is 4.45. The number of rotatable bonds is 6. The molecular formula is C20H23NO7S. The normalized spacial score (nSPS) is 26.2. The van der Waals surface area contributed by atoms with Crippen LogP contribution in [0.3, 0.4) is 0 Å². The summed E-state index contributed by atoms with van der Waals surface area (Å²) in [5.74, 6) is -1.09. The number of hydrogen-bond acceptors (Lipinski definition) is 8. The van der Waals surface area contributed by atoms with Crippen molar-refractivity contribution < 1.29 is 33.4 Å². The first kappa shape index (κ1) is 21.3. The van der Waals surface area contributed by atoms with Gasteiger partial charge in [-0.3, -0.25) is 24.1 Å². The summed E-state index contributed by atoms with van der Waals surface area (Å²) >= 11 is 1.44. The Morgan fingerprint density at radius 2 is 1.76 bits per heavy atom. The summed E-state index contributed by atoms with van der Waals surface area (Å²) < 4.78 is 16.5. The monoisotopic (exact) mass is 421 g/mol. The molecule has 2 aliphatic heterocycles. The highest BCUT2D eigenvalue weighted by Crippen LogP contribution is 2.36. The number of fused-ring (bicyclic) bond motifs is 1. The van der Waals surface area contributed by atoms with Crippen LogP contribution in [0.2, 0.25) is 0 Å². The number of carbonyl (C=O) groups is 4. The number of esters is 2. The number of hydrogen-bond donors (Lipinski definition) is 0. The molecule has 1 saturated heterocycles. The molecule has 0 aromatic heterocycles. The lowest BCUT2D eigenvalue weighted by molar-refractivity contribution is -0.178. The summed E-state index contributed by atoms with van der Waals surface area (Å²) in [6.45, 7) is 4.41. The van der Waals surface area contributed by atoms with Crippen molar-refractivity contribution >= 4 is 35.5 Å². The van der Waals surface area contributed by atoms with Crippen LogP contribution >= 0.6 is 11.8 Å². The second-order valence-corrected chi connectivity index (χ2v) is 8.15. The molecule has 29 heavy (non-hydrogen) atoms. The van der Waals surface area contributed by atoms with Gasteiger partial charge in [0.25, 0.3) is 11.8 Å². The van der Waals surface area contributed by atoms with Crippen LogP contribution in [0.1, 0.15) is 47.9 Å². The molecule has 0 aliphatic carbocycles. The van der Waals surface area contributed by atoms with Gasteiger partial charge in [-0.2, -0.15) is 0 Å². The summed E-state index contributed by atoms with van der Waals surface area (Å²) in [5, 5.41) is 0. The van der Waals surface area contributed by atoms with Gasteiger partial charge in [0.15, 0.2) is 0 Å². The molecular weight excluding hydrogens is 398 g/mol. The second kappa shape index (κ2) is 8.96. The van der Waals surface area contributed by atoms with Gasteiger partial charge in [-0.1, -0.05) is 19.1 Å². The van der Waals surface area contributed by atoms with Gasteiger partial charge in [0.2, 0.25) is 0 Å². The highest BCUT2D eigenvalue weighted by Gasteiger charge is 2.49. The van der Waals surface area contributed by atoms with E-state index in [0.717, 1.165) is 0 Å². The Morgan fingerprint density at radius 3 is 2.28 bits per heavy atom. The summed E-state index contributed by atoms with van der Waals surface area (Å²) in [7, 11) is 0. The molecule has 2 unspecified atom stereocenters. The van der Waals surface area contributed by atoms with Crippen molar-refractivity contribution in [1.82, 2.24) is 4.90 Å². The van der Waals surface area contributed by atoms with Crippen molar-refractivity contribution in [3.63, 3.8) is 0 Å². The predicted octanol–water partition coefficient (Wildman–Crippen LogP) is 2.01. The van der Waals surface area contributed by atoms with Crippen LogP contribution in [0.4, 0.5) is 0 Å². The fraction of sp³-hybridized carbons (Fsp3) is 0.500. The zero-order valence-corrected chi connectivity index (χ0v) is 17.3. The minimum Gasteiger partial charge on any atom is -0.463 e. The smallest absolute Gasteiger partial charge is 0.302 e. The molecule has 1 aromatic rings. The maximum absolute atomic E-state index is 12.9. The molecule has 0 radical (unpaired) electrons. The average Bonchev–Trinajstić information content (AvgIpc) is 2.92. The van der Waals surface area contributed by atoms with Crippen molar-refractivity contribution in [3.05, 3.63) is 35.4 Å². The zero-order valence-electron chi connectivity index (χ0n) is 16.5. The summed E-state index contributed by atoms with van der Waals surface area (Å²) in [6.07, 6.45) is -1.23. The van der Waals surface area contributed by atoms with E-state index >= 15 is 0 Å². The molecule has 4 atom stereocenters. The first-order chi connectivity index (χ1) is 13.8. The minimum absolute atomic E-state index is 0.0805. The first-order valence-corrected chi connectivity index (χ1v) is 10.4. The molecule has 0 bridgehead atoms. The van der Waals surface area contributed by atoms with E-state index < -0.39 is 35.6 Å². The Morgan fingerprint density at radius 1 is 1.14 bits per heavy atom. The topological polar surface area (TPSA) is 99.2 Å². The van der Waals surface area contributed by atoms with Gasteiger partial charge in [0.05, 0.1) is 17.2 Å². The molecule has 1 fully saturated rings. The van der Waals surface area contributed by atoms with Gasteiger partial charge in [0, 0.05) is 20.3 Å². The number of imide groups is 1. The lowest BCUT2D eigenvalue weighted by atomic mass is 10.00. The Bertz CT molecular complexity index is 792. The van der Waals surface area contributed by atoms with Crippen LogP contribution in [0.15, 0.2) is 24.3 Å². The molecule has 0 spiro atoms. The SMILES string of the molecule is CCSC1OC(COC(C)=O)[C@@H](OC(C)=O)C[C@@H]1N1C(=O)c2ccccc2C1=O. The molecule has 2 heterocycles. The van der Waals surface area contributed by atoms with Crippen LogP contribution in [0.25, 0.3) is 0 Å². The van der Waals surface area contributed by atoms with Gasteiger partial charge >= 0.3 is 11.9 Å². The fourth-order valence-electron chi connectivity index (χ4n) is 3.59. The Kier molecular flexibility index (Phi) is 6.59. The van der Waals surface area contributed by atoms with E-state index in [0.29, 0.717) is 16.9 Å². The lowest BCUT2D eigenvalue weighted by Gasteiger charge is -2.43. The standard InChI is InChI=1S/C20H23NO7S/c1-4-29-20-15(21-18(24)13-7-5-6-8-14(13)19(21)25)9-16(27-12(3)23)17(28-20)10-26-11(2)22/h5-8,15-17,20H,4,9-10H2,1-3H3/t15-,16-,17?,20?/m0/s1. The van der Waals surface area contributed by atoms with E-state index in [1.165, 1.54) is 30.5 Å². The Labute approximate surface area is 172 Å². The van der Waals surface area contributed by atoms with Gasteiger partial charge in [-0.25, -0.2) is 0 Å². The molecule has 2 amide bonds. The molecule has 0 saturated carbocycles. The Hall–Kier alpha value is -2.39. The van der Waals surface area contributed by atoms with Gasteiger partial charge in [0.1, 0.15) is 24.3 Å². The van der Waals surface area contributed by atoms with Gasteiger partial charge in [-0.15, -0.1) is 11.8 Å². The van der Waals surface area contributed by atoms with E-state index in [4.69, 9.17) is 14.2 Å². The van der Waals surface area contributed by atoms with Crippen molar-refractivity contribution in [1.29, 1.82) is 0 Å². The van der Waals surface area contributed by atoms with Gasteiger partial charge in [-0.05, 0) is 17.9 Å². The molecule has 8 nitrogen and oxygen atoms in total. The zero-order chi connectivity index (χ0) is 21.1. The predicted molar refractivity (Wildman–Crippen MR) is 104 cm³/mol. The number of ether oxygens (including phenoxy) is 3. The average molecular weight is 421 g/mol. The molecule has 0 N–H and O–H groups in total. The number of nitrogens with zero attached hydrogens (tertiary/aromatic N) is 1. The van der Waals surface area contributed by atoms with Crippen LogP contribution < -0.4 is 0 Å². The highest BCUT2D eigenvalue weighted by atomic mass is 32.2. The second-order valence-electron chi connectivity index (χ2n) is 6.78. The first-order valence-electron chi connectivity index (χ1n) is 9.38. The van der Waals surface area contributed by atoms with E-state index in [2.05, 4.69) is 0 Å². The fourth-order valence-corrected chi connectivity index (χ4v) is 4.59. The minimum atomic E-state index is -0.755. The van der Waals surface area contributed by atoms with Crippen molar-refractivity contribution in [2.24, 2.45) is 0 Å². The van der Waals surface area contributed by atoms with Crippen molar-refractivity contribution in [2.45, 2.75) is 50.9 Å². The molecule has 3 rings (SSSR count). The number of carbonyl (C=O) groups excluding carboxylic acids is 4. The van der Waals surface area contributed by atoms with E-state index in [1.807, 2.05) is 6.92 Å². The van der Waals surface area contributed by atoms with Crippen molar-refractivity contribution in [2.75, 3.05) is 12.4 Å². The maximum atomic E-state index is 12.9. The number of benzene rings is 1. The number of thioether (sulfide) groups is 1. The summed E-state index contributed by atoms with van der Waals surface area (Å²) in [6, 6.07) is 6.04. The quantitative estimate of drug-likeness (QED) is 0.508.